The van der Waals surface area contributed by atoms with E-state index in [0.29, 0.717) is 11.3 Å². The SMILES string of the molecule is NC(=S)c1cc(Br)ccc1NC(=O)c1ccc(=O)[nH]n1. The molecule has 1 amide bonds. The van der Waals surface area contributed by atoms with E-state index in [4.69, 9.17) is 18.0 Å². The summed E-state index contributed by atoms with van der Waals surface area (Å²) in [6.07, 6.45) is 0. The third-order valence-electron chi connectivity index (χ3n) is 2.41. The molecule has 2 aromatic rings. The molecule has 0 unspecified atom stereocenters. The fraction of sp³-hybridized carbons (Fsp3) is 0. The quantitative estimate of drug-likeness (QED) is 0.725. The number of rotatable bonds is 3. The van der Waals surface area contributed by atoms with E-state index < -0.39 is 5.91 Å². The van der Waals surface area contributed by atoms with Crippen LogP contribution in [-0.4, -0.2) is 21.1 Å². The molecule has 4 N–H and O–H groups in total. The first-order valence-corrected chi connectivity index (χ1v) is 6.64. The maximum Gasteiger partial charge on any atom is 0.276 e. The van der Waals surface area contributed by atoms with E-state index >= 15 is 0 Å². The molecule has 20 heavy (non-hydrogen) atoms. The van der Waals surface area contributed by atoms with E-state index in [1.807, 2.05) is 0 Å². The molecule has 0 saturated heterocycles. The van der Waals surface area contributed by atoms with Gasteiger partial charge in [0.15, 0.2) is 0 Å². The second-order valence-corrected chi connectivity index (χ2v) is 5.17. The van der Waals surface area contributed by atoms with Crippen LogP contribution in [0.5, 0.6) is 0 Å². The molecular weight excluding hydrogens is 344 g/mol. The number of halogens is 1. The molecule has 0 radical (unpaired) electrons. The summed E-state index contributed by atoms with van der Waals surface area (Å²) in [4.78, 5) is 23.1. The number of nitrogens with one attached hydrogen (secondary N) is 2. The molecule has 6 nitrogen and oxygen atoms in total. The Morgan fingerprint density at radius 2 is 2.10 bits per heavy atom. The number of nitrogens with two attached hydrogens (primary N) is 1. The van der Waals surface area contributed by atoms with E-state index in [9.17, 15) is 9.59 Å². The third-order valence-corrected chi connectivity index (χ3v) is 3.12. The van der Waals surface area contributed by atoms with Crippen LogP contribution in [0.4, 0.5) is 5.69 Å². The van der Waals surface area contributed by atoms with E-state index in [2.05, 4.69) is 31.4 Å². The van der Waals surface area contributed by atoms with Gasteiger partial charge in [-0.25, -0.2) is 5.10 Å². The highest BCUT2D eigenvalue weighted by Gasteiger charge is 2.12. The number of aromatic nitrogens is 2. The molecule has 1 aromatic carbocycles. The summed E-state index contributed by atoms with van der Waals surface area (Å²) in [7, 11) is 0. The van der Waals surface area contributed by atoms with Gasteiger partial charge in [-0.05, 0) is 24.3 Å². The first kappa shape index (κ1) is 14.4. The van der Waals surface area contributed by atoms with Crippen molar-refractivity contribution in [2.24, 2.45) is 5.73 Å². The van der Waals surface area contributed by atoms with Gasteiger partial charge in [-0.3, -0.25) is 9.59 Å². The lowest BCUT2D eigenvalue weighted by atomic mass is 10.1. The first-order chi connectivity index (χ1) is 9.47. The molecule has 1 heterocycles. The Kier molecular flexibility index (Phi) is 4.26. The van der Waals surface area contributed by atoms with Crippen molar-refractivity contribution >= 4 is 44.7 Å². The van der Waals surface area contributed by atoms with Gasteiger partial charge in [0, 0.05) is 16.1 Å². The normalized spacial score (nSPS) is 10.1. The Morgan fingerprint density at radius 1 is 1.35 bits per heavy atom. The summed E-state index contributed by atoms with van der Waals surface area (Å²) in [6, 6.07) is 7.67. The predicted molar refractivity (Wildman–Crippen MR) is 82.8 cm³/mol. The molecule has 0 bridgehead atoms. The van der Waals surface area contributed by atoms with Crippen LogP contribution in [0.1, 0.15) is 16.1 Å². The monoisotopic (exact) mass is 352 g/mol. The number of benzene rings is 1. The van der Waals surface area contributed by atoms with Gasteiger partial charge < -0.3 is 11.1 Å². The van der Waals surface area contributed by atoms with Gasteiger partial charge in [0.25, 0.3) is 11.5 Å². The van der Waals surface area contributed by atoms with Gasteiger partial charge in [-0.2, -0.15) is 5.10 Å². The summed E-state index contributed by atoms with van der Waals surface area (Å²) in [5.74, 6) is -0.471. The zero-order valence-electron chi connectivity index (χ0n) is 10.0. The number of hydrogen-bond acceptors (Lipinski definition) is 4. The van der Waals surface area contributed by atoms with Crippen LogP contribution in [-0.2, 0) is 0 Å². The third kappa shape index (κ3) is 3.28. The van der Waals surface area contributed by atoms with Crippen molar-refractivity contribution in [2.45, 2.75) is 0 Å². The Bertz CT molecular complexity index is 724. The largest absolute Gasteiger partial charge is 0.389 e. The molecule has 1 aromatic heterocycles. The standard InChI is InChI=1S/C12H9BrN4O2S/c13-6-1-2-8(7(5-6)11(14)20)15-12(19)9-3-4-10(18)17-16-9/h1-5H,(H2,14,20)(H,15,19)(H,17,18). The van der Waals surface area contributed by atoms with Crippen molar-refractivity contribution < 1.29 is 4.79 Å². The van der Waals surface area contributed by atoms with Gasteiger partial charge in [0.1, 0.15) is 10.7 Å². The average molecular weight is 353 g/mol. The lowest BCUT2D eigenvalue weighted by Gasteiger charge is -2.10. The molecular formula is C12H9BrN4O2S. The predicted octanol–water partition coefficient (Wildman–Crippen LogP) is 1.42. The zero-order valence-corrected chi connectivity index (χ0v) is 12.4. The lowest BCUT2D eigenvalue weighted by Crippen LogP contribution is -2.20. The number of H-pyrrole nitrogens is 1. The van der Waals surface area contributed by atoms with Crippen molar-refractivity contribution in [2.75, 3.05) is 5.32 Å². The molecule has 0 fully saturated rings. The highest BCUT2D eigenvalue weighted by molar-refractivity contribution is 9.10. The number of nitrogens with zero attached hydrogens (tertiary/aromatic N) is 1. The van der Waals surface area contributed by atoms with Crippen LogP contribution in [0.15, 0.2) is 39.6 Å². The Morgan fingerprint density at radius 3 is 2.70 bits per heavy atom. The minimum absolute atomic E-state index is 0.0846. The van der Waals surface area contributed by atoms with Crippen molar-refractivity contribution in [3.8, 4) is 0 Å². The van der Waals surface area contributed by atoms with Crippen LogP contribution in [0, 0.1) is 0 Å². The van der Waals surface area contributed by atoms with E-state index in [1.54, 1.807) is 18.2 Å². The van der Waals surface area contributed by atoms with Gasteiger partial charge >= 0.3 is 0 Å². The highest BCUT2D eigenvalue weighted by atomic mass is 79.9. The van der Waals surface area contributed by atoms with Gasteiger partial charge in [0.05, 0.1) is 5.69 Å². The molecule has 0 aliphatic heterocycles. The van der Waals surface area contributed by atoms with Gasteiger partial charge in [0.2, 0.25) is 0 Å². The van der Waals surface area contributed by atoms with Crippen molar-refractivity contribution in [3.05, 3.63) is 56.4 Å². The molecule has 8 heteroatoms. The Hall–Kier alpha value is -2.06. The highest BCUT2D eigenvalue weighted by Crippen LogP contribution is 2.21. The average Bonchev–Trinajstić information content (AvgIpc) is 2.41. The molecule has 0 spiro atoms. The fourth-order valence-electron chi connectivity index (χ4n) is 1.49. The molecule has 2 rings (SSSR count). The number of anilines is 1. The van der Waals surface area contributed by atoms with Crippen molar-refractivity contribution in [1.82, 2.24) is 10.2 Å². The van der Waals surface area contributed by atoms with Crippen LogP contribution < -0.4 is 16.6 Å². The molecule has 0 aliphatic rings. The number of thiocarbonyl (C=S) groups is 1. The van der Waals surface area contributed by atoms with E-state index in [0.717, 1.165) is 4.47 Å². The minimum atomic E-state index is -0.471. The van der Waals surface area contributed by atoms with Crippen LogP contribution in [0.2, 0.25) is 0 Å². The molecule has 102 valence electrons. The maximum atomic E-state index is 12.0. The molecule has 0 atom stereocenters. The summed E-state index contributed by atoms with van der Waals surface area (Å²) in [5.41, 5.74) is 6.32. The number of aromatic amines is 1. The topological polar surface area (TPSA) is 101 Å². The second kappa shape index (κ2) is 5.93. The first-order valence-electron chi connectivity index (χ1n) is 5.44. The molecule has 0 aliphatic carbocycles. The van der Waals surface area contributed by atoms with Crippen LogP contribution >= 0.6 is 28.1 Å². The van der Waals surface area contributed by atoms with E-state index in [-0.39, 0.29) is 16.2 Å². The summed E-state index contributed by atoms with van der Waals surface area (Å²) < 4.78 is 0.792. The summed E-state index contributed by atoms with van der Waals surface area (Å²) in [6.45, 7) is 0. The minimum Gasteiger partial charge on any atom is -0.389 e. The smallest absolute Gasteiger partial charge is 0.276 e. The van der Waals surface area contributed by atoms with Crippen molar-refractivity contribution in [3.63, 3.8) is 0 Å². The number of amides is 1. The summed E-state index contributed by atoms with van der Waals surface area (Å²) in [5, 5.41) is 8.48. The second-order valence-electron chi connectivity index (χ2n) is 3.81. The summed E-state index contributed by atoms with van der Waals surface area (Å²) >= 11 is 8.24. The molecule has 0 saturated carbocycles. The number of hydrogen-bond donors (Lipinski definition) is 3. The van der Waals surface area contributed by atoms with Crippen molar-refractivity contribution in [1.29, 1.82) is 0 Å². The Balaban J connectivity index is 2.30. The number of carbonyl (C=O) groups is 1. The van der Waals surface area contributed by atoms with E-state index in [1.165, 1.54) is 12.1 Å². The fourth-order valence-corrected chi connectivity index (χ4v) is 2.02. The maximum absolute atomic E-state index is 12.0. The van der Waals surface area contributed by atoms with Crippen LogP contribution in [0.25, 0.3) is 0 Å². The number of carbonyl (C=O) groups excluding carboxylic acids is 1. The van der Waals surface area contributed by atoms with Crippen LogP contribution in [0.3, 0.4) is 0 Å². The lowest BCUT2D eigenvalue weighted by molar-refractivity contribution is 0.102. The zero-order chi connectivity index (χ0) is 14.7. The van der Waals surface area contributed by atoms with Gasteiger partial charge in [-0.1, -0.05) is 28.1 Å². The Labute approximate surface area is 127 Å². The van der Waals surface area contributed by atoms with Gasteiger partial charge in [-0.15, -0.1) is 0 Å².